The molecule has 0 aliphatic heterocycles. The van der Waals surface area contributed by atoms with Gasteiger partial charge in [0.15, 0.2) is 0 Å². The SMILES string of the molecule is Cc1ccc(-c2c(C)sc3nc(CN[C@H](C)c4ccc(Cl)cc4Cl)[nH]c(=O)c23)cc1. The number of H-pyrrole nitrogens is 1. The summed E-state index contributed by atoms with van der Waals surface area (Å²) in [4.78, 5) is 22.4. The van der Waals surface area contributed by atoms with Crippen molar-refractivity contribution >= 4 is 44.8 Å². The van der Waals surface area contributed by atoms with Crippen LogP contribution >= 0.6 is 34.5 Å². The van der Waals surface area contributed by atoms with E-state index in [0.29, 0.717) is 27.8 Å². The lowest BCUT2D eigenvalue weighted by molar-refractivity contribution is 0.560. The Labute approximate surface area is 188 Å². The lowest BCUT2D eigenvalue weighted by Crippen LogP contribution is -2.22. The van der Waals surface area contributed by atoms with Crippen LogP contribution in [-0.4, -0.2) is 9.97 Å². The molecule has 30 heavy (non-hydrogen) atoms. The van der Waals surface area contributed by atoms with Crippen LogP contribution in [0.15, 0.2) is 47.3 Å². The third-order valence-corrected chi connectivity index (χ3v) is 6.69. The van der Waals surface area contributed by atoms with Gasteiger partial charge < -0.3 is 10.3 Å². The predicted molar refractivity (Wildman–Crippen MR) is 127 cm³/mol. The molecule has 2 N–H and O–H groups in total. The van der Waals surface area contributed by atoms with Crippen LogP contribution in [0.2, 0.25) is 10.0 Å². The average Bonchev–Trinajstić information content (AvgIpc) is 3.03. The van der Waals surface area contributed by atoms with E-state index < -0.39 is 0 Å². The molecule has 0 unspecified atom stereocenters. The fourth-order valence-electron chi connectivity index (χ4n) is 3.53. The summed E-state index contributed by atoms with van der Waals surface area (Å²) in [6, 6.07) is 13.6. The first-order valence-electron chi connectivity index (χ1n) is 9.61. The summed E-state index contributed by atoms with van der Waals surface area (Å²) in [5.74, 6) is 0.598. The smallest absolute Gasteiger partial charge is 0.260 e. The number of nitrogens with one attached hydrogen (secondary N) is 2. The zero-order valence-electron chi connectivity index (χ0n) is 16.8. The zero-order valence-corrected chi connectivity index (χ0v) is 19.2. The molecule has 0 aliphatic carbocycles. The fourth-order valence-corrected chi connectivity index (χ4v) is 5.16. The maximum atomic E-state index is 12.9. The molecule has 1 atom stereocenters. The molecule has 0 saturated heterocycles. The molecule has 2 aromatic carbocycles. The molecule has 0 spiro atoms. The molecule has 7 heteroatoms. The van der Waals surface area contributed by atoms with E-state index in [9.17, 15) is 4.79 Å². The summed E-state index contributed by atoms with van der Waals surface area (Å²) in [6.45, 7) is 6.51. The standard InChI is InChI=1S/C23H21Cl2N3OS/c1-12-4-6-15(7-5-12)20-14(3)30-23-21(20)22(29)27-19(28-23)11-26-13(2)17-9-8-16(24)10-18(17)25/h4-10,13,26H,11H2,1-3H3,(H,27,28,29)/t13-/m1/s1. The molecule has 154 valence electrons. The van der Waals surface area contributed by atoms with Gasteiger partial charge in [-0.15, -0.1) is 11.3 Å². The second-order valence-electron chi connectivity index (χ2n) is 7.36. The van der Waals surface area contributed by atoms with Gasteiger partial charge in [-0.25, -0.2) is 4.98 Å². The number of hydrogen-bond donors (Lipinski definition) is 2. The Hall–Kier alpha value is -2.18. The largest absolute Gasteiger partial charge is 0.309 e. The van der Waals surface area contributed by atoms with Gasteiger partial charge in [-0.05, 0) is 44.0 Å². The number of benzene rings is 2. The van der Waals surface area contributed by atoms with E-state index in [-0.39, 0.29) is 11.6 Å². The number of aromatic amines is 1. The van der Waals surface area contributed by atoms with Gasteiger partial charge in [0.05, 0.1) is 11.9 Å². The van der Waals surface area contributed by atoms with Crippen molar-refractivity contribution in [2.24, 2.45) is 0 Å². The second kappa shape index (κ2) is 8.52. The van der Waals surface area contributed by atoms with Gasteiger partial charge in [0.1, 0.15) is 10.7 Å². The van der Waals surface area contributed by atoms with Gasteiger partial charge >= 0.3 is 0 Å². The Kier molecular flexibility index (Phi) is 5.98. The number of aryl methyl sites for hydroxylation is 2. The zero-order chi connectivity index (χ0) is 21.4. The van der Waals surface area contributed by atoms with Crippen molar-refractivity contribution in [3.05, 3.63) is 84.7 Å². The van der Waals surface area contributed by atoms with E-state index in [2.05, 4.69) is 34.6 Å². The van der Waals surface area contributed by atoms with E-state index in [1.807, 2.05) is 32.9 Å². The first kappa shape index (κ1) is 21.1. The van der Waals surface area contributed by atoms with Gasteiger partial charge in [0.25, 0.3) is 5.56 Å². The number of nitrogens with zero attached hydrogens (tertiary/aromatic N) is 1. The van der Waals surface area contributed by atoms with Crippen LogP contribution in [0, 0.1) is 13.8 Å². The molecule has 0 bridgehead atoms. The summed E-state index contributed by atoms with van der Waals surface area (Å²) >= 11 is 13.8. The molecule has 4 aromatic rings. The third kappa shape index (κ3) is 4.16. The minimum atomic E-state index is -0.117. The first-order chi connectivity index (χ1) is 14.3. The fraction of sp³-hybridized carbons (Fsp3) is 0.217. The molecular weight excluding hydrogens is 437 g/mol. The van der Waals surface area contributed by atoms with Crippen molar-refractivity contribution in [3.8, 4) is 11.1 Å². The summed E-state index contributed by atoms with van der Waals surface area (Å²) in [7, 11) is 0. The molecular formula is C23H21Cl2N3OS. The summed E-state index contributed by atoms with van der Waals surface area (Å²) in [5.41, 5.74) is 4.01. The van der Waals surface area contributed by atoms with Crippen molar-refractivity contribution < 1.29 is 0 Å². The molecule has 0 aliphatic rings. The van der Waals surface area contributed by atoms with E-state index in [1.165, 1.54) is 5.56 Å². The molecule has 0 fully saturated rings. The maximum Gasteiger partial charge on any atom is 0.260 e. The van der Waals surface area contributed by atoms with Gasteiger partial charge in [0, 0.05) is 26.5 Å². The summed E-state index contributed by atoms with van der Waals surface area (Å²) in [5, 5.41) is 5.23. The third-order valence-electron chi connectivity index (χ3n) is 5.13. The van der Waals surface area contributed by atoms with Crippen molar-refractivity contribution in [3.63, 3.8) is 0 Å². The number of aromatic nitrogens is 2. The minimum Gasteiger partial charge on any atom is -0.309 e. The maximum absolute atomic E-state index is 12.9. The van der Waals surface area contributed by atoms with Crippen LogP contribution in [0.1, 0.15) is 34.8 Å². The Morgan fingerprint density at radius 1 is 1.13 bits per heavy atom. The van der Waals surface area contributed by atoms with Crippen molar-refractivity contribution in [1.29, 1.82) is 0 Å². The highest BCUT2D eigenvalue weighted by Gasteiger charge is 2.17. The van der Waals surface area contributed by atoms with Gasteiger partial charge in [0.2, 0.25) is 0 Å². The van der Waals surface area contributed by atoms with E-state index in [0.717, 1.165) is 26.4 Å². The van der Waals surface area contributed by atoms with E-state index >= 15 is 0 Å². The van der Waals surface area contributed by atoms with Crippen LogP contribution in [0.4, 0.5) is 0 Å². The predicted octanol–water partition coefficient (Wildman–Crippen LogP) is 6.43. The minimum absolute atomic E-state index is 0.0241. The quantitative estimate of drug-likeness (QED) is 0.363. The molecule has 2 heterocycles. The highest BCUT2D eigenvalue weighted by Crippen LogP contribution is 2.35. The Bertz CT molecular complexity index is 1280. The average molecular weight is 458 g/mol. The van der Waals surface area contributed by atoms with Crippen LogP contribution < -0.4 is 10.9 Å². The van der Waals surface area contributed by atoms with E-state index in [1.54, 1.807) is 17.4 Å². The van der Waals surface area contributed by atoms with Crippen LogP contribution in [0.25, 0.3) is 21.3 Å². The Morgan fingerprint density at radius 2 is 1.87 bits per heavy atom. The van der Waals surface area contributed by atoms with E-state index in [4.69, 9.17) is 28.2 Å². The molecule has 0 saturated carbocycles. The van der Waals surface area contributed by atoms with Gasteiger partial charge in [-0.2, -0.15) is 0 Å². The lowest BCUT2D eigenvalue weighted by Gasteiger charge is -2.15. The number of thiophene rings is 1. The number of halogens is 2. The Balaban J connectivity index is 1.62. The molecule has 4 nitrogen and oxygen atoms in total. The summed E-state index contributed by atoms with van der Waals surface area (Å²) in [6.07, 6.45) is 0. The van der Waals surface area contributed by atoms with Crippen molar-refractivity contribution in [1.82, 2.24) is 15.3 Å². The second-order valence-corrected chi connectivity index (χ2v) is 9.41. The molecule has 0 amide bonds. The highest BCUT2D eigenvalue weighted by molar-refractivity contribution is 7.19. The van der Waals surface area contributed by atoms with Crippen molar-refractivity contribution in [2.75, 3.05) is 0 Å². The highest BCUT2D eigenvalue weighted by atomic mass is 35.5. The molecule has 4 rings (SSSR count). The van der Waals surface area contributed by atoms with Crippen molar-refractivity contribution in [2.45, 2.75) is 33.4 Å². The molecule has 0 radical (unpaired) electrons. The Morgan fingerprint density at radius 3 is 2.57 bits per heavy atom. The topological polar surface area (TPSA) is 57.8 Å². The van der Waals surface area contributed by atoms with Crippen LogP contribution in [0.5, 0.6) is 0 Å². The first-order valence-corrected chi connectivity index (χ1v) is 11.2. The van der Waals surface area contributed by atoms with Crippen LogP contribution in [-0.2, 0) is 6.54 Å². The number of fused-ring (bicyclic) bond motifs is 1. The summed E-state index contributed by atoms with van der Waals surface area (Å²) < 4.78 is 0. The van der Waals surface area contributed by atoms with Gasteiger partial charge in [-0.3, -0.25) is 4.79 Å². The van der Waals surface area contributed by atoms with Crippen LogP contribution in [0.3, 0.4) is 0 Å². The van der Waals surface area contributed by atoms with Gasteiger partial charge in [-0.1, -0.05) is 59.1 Å². The molecule has 2 aromatic heterocycles. The number of rotatable bonds is 5. The normalized spacial score (nSPS) is 12.4. The number of hydrogen-bond acceptors (Lipinski definition) is 4. The lowest BCUT2D eigenvalue weighted by atomic mass is 10.0. The monoisotopic (exact) mass is 457 g/mol.